The highest BCUT2D eigenvalue weighted by atomic mass is 14.1. The van der Waals surface area contributed by atoms with Crippen LogP contribution in [-0.4, -0.2) is 0 Å². The maximum Gasteiger partial charge on any atom is 0.00733 e. The van der Waals surface area contributed by atoms with Gasteiger partial charge in [-0.25, -0.2) is 0 Å². The predicted octanol–water partition coefficient (Wildman–Crippen LogP) is 4.18. The van der Waals surface area contributed by atoms with Crippen LogP contribution in [0.2, 0.25) is 0 Å². The van der Waals surface area contributed by atoms with Crippen LogP contribution in [0.15, 0.2) is 60.7 Å². The Balaban J connectivity index is 2.24. The van der Waals surface area contributed by atoms with Gasteiger partial charge in [-0.15, -0.1) is 0 Å². The van der Waals surface area contributed by atoms with Crippen molar-refractivity contribution in [2.45, 2.75) is 12.8 Å². The molecule has 2 aromatic rings. The monoisotopic (exact) mass is 206 g/mol. The lowest BCUT2D eigenvalue weighted by Gasteiger charge is -2.14. The Morgan fingerprint density at radius 3 is 1.94 bits per heavy atom. The van der Waals surface area contributed by atoms with E-state index >= 15 is 0 Å². The van der Waals surface area contributed by atoms with Crippen molar-refractivity contribution in [3.8, 4) is 0 Å². The minimum absolute atomic E-state index is 0.142. The Kier molecular flexibility index (Phi) is 3.21. The first kappa shape index (κ1) is 10.7. The van der Waals surface area contributed by atoms with Crippen LogP contribution in [0.4, 0.5) is 0 Å². The molecular formula is C16H14. The summed E-state index contributed by atoms with van der Waals surface area (Å²) in [6, 6.07) is 20.1. The fourth-order valence-corrected chi connectivity index (χ4v) is 1.78. The van der Waals surface area contributed by atoms with Gasteiger partial charge in [0, 0.05) is 5.92 Å². The summed E-state index contributed by atoms with van der Waals surface area (Å²) < 4.78 is 0. The molecule has 78 valence electrons. The zero-order chi connectivity index (χ0) is 11.4. The Morgan fingerprint density at radius 2 is 1.38 bits per heavy atom. The van der Waals surface area contributed by atoms with E-state index in [-0.39, 0.29) is 5.92 Å². The molecule has 1 atom stereocenters. The molecule has 0 aliphatic heterocycles. The number of hydrogen-bond donors (Lipinski definition) is 0. The molecule has 0 N–H and O–H groups in total. The number of rotatable bonds is 3. The van der Waals surface area contributed by atoms with E-state index in [0.29, 0.717) is 5.57 Å². The quantitative estimate of drug-likeness (QED) is 0.706. The van der Waals surface area contributed by atoms with Crippen LogP contribution in [0.5, 0.6) is 0 Å². The molecule has 0 spiro atoms. The van der Waals surface area contributed by atoms with Crippen molar-refractivity contribution in [3.05, 3.63) is 78.4 Å². The van der Waals surface area contributed by atoms with Gasteiger partial charge in [-0.05, 0) is 23.3 Å². The molecule has 16 heavy (non-hydrogen) atoms. The van der Waals surface area contributed by atoms with Gasteiger partial charge in [0.05, 0.1) is 0 Å². The summed E-state index contributed by atoms with van der Waals surface area (Å²) in [5.41, 5.74) is 2.86. The third-order valence-corrected chi connectivity index (χ3v) is 2.82. The number of allylic oxidation sites excluding steroid dienone is 1. The molecule has 0 amide bonds. The van der Waals surface area contributed by atoms with E-state index in [1.165, 1.54) is 5.56 Å². The normalized spacial score (nSPS) is 12.1. The van der Waals surface area contributed by atoms with E-state index in [9.17, 15) is 0 Å². The van der Waals surface area contributed by atoms with E-state index in [1.54, 1.807) is 0 Å². The minimum Gasteiger partial charge on any atom is -0.0622 e. The van der Waals surface area contributed by atoms with Gasteiger partial charge >= 0.3 is 0 Å². The van der Waals surface area contributed by atoms with Crippen LogP contribution < -0.4 is 0 Å². The number of hydrogen-bond acceptors (Lipinski definition) is 0. The Morgan fingerprint density at radius 1 is 0.875 bits per heavy atom. The van der Waals surface area contributed by atoms with Gasteiger partial charge in [-0.2, -0.15) is 0 Å². The standard InChI is InChI=1S/C16H14/c1-13(15-9-5-3-6-10-15)14(2)16-11-7-4-8-12-16/h3-13H,1H3. The molecule has 2 radical (unpaired) electrons. The van der Waals surface area contributed by atoms with Crippen LogP contribution in [0.25, 0.3) is 5.57 Å². The average Bonchev–Trinajstić information content (AvgIpc) is 2.39. The summed E-state index contributed by atoms with van der Waals surface area (Å²) in [5, 5.41) is 0. The lowest BCUT2D eigenvalue weighted by molar-refractivity contribution is 0.990. The highest BCUT2D eigenvalue weighted by molar-refractivity contribution is 5.67. The summed E-state index contributed by atoms with van der Waals surface area (Å²) in [4.78, 5) is 0. The molecule has 0 heterocycles. The van der Waals surface area contributed by atoms with Gasteiger partial charge in [0.15, 0.2) is 0 Å². The third-order valence-electron chi connectivity index (χ3n) is 2.82. The van der Waals surface area contributed by atoms with E-state index in [0.717, 1.165) is 5.56 Å². The van der Waals surface area contributed by atoms with E-state index < -0.39 is 0 Å². The van der Waals surface area contributed by atoms with Gasteiger partial charge in [0.1, 0.15) is 0 Å². The topological polar surface area (TPSA) is 0 Å². The molecule has 0 fully saturated rings. The molecule has 0 saturated heterocycles. The minimum atomic E-state index is 0.142. The van der Waals surface area contributed by atoms with Crippen molar-refractivity contribution >= 4 is 5.57 Å². The average molecular weight is 206 g/mol. The Bertz CT molecular complexity index is 454. The fourth-order valence-electron chi connectivity index (χ4n) is 1.78. The first-order valence-electron chi connectivity index (χ1n) is 5.48. The molecule has 0 aliphatic rings. The highest BCUT2D eigenvalue weighted by Gasteiger charge is 2.10. The van der Waals surface area contributed by atoms with E-state index in [4.69, 9.17) is 6.58 Å². The molecule has 1 unspecified atom stereocenters. The van der Waals surface area contributed by atoms with Crippen LogP contribution >= 0.6 is 0 Å². The SMILES string of the molecule is [C]=C(c1ccccc1)C(C)c1ccccc1. The van der Waals surface area contributed by atoms with Gasteiger partial charge in [-0.1, -0.05) is 67.6 Å². The van der Waals surface area contributed by atoms with Gasteiger partial charge in [0.25, 0.3) is 0 Å². The van der Waals surface area contributed by atoms with Gasteiger partial charge in [0.2, 0.25) is 0 Å². The second-order valence-corrected chi connectivity index (χ2v) is 3.91. The first-order chi connectivity index (χ1) is 7.79. The van der Waals surface area contributed by atoms with Crippen molar-refractivity contribution in [3.63, 3.8) is 0 Å². The predicted molar refractivity (Wildman–Crippen MR) is 67.9 cm³/mol. The Hall–Kier alpha value is -1.82. The number of benzene rings is 2. The van der Waals surface area contributed by atoms with Crippen LogP contribution in [0.1, 0.15) is 24.0 Å². The van der Waals surface area contributed by atoms with E-state index in [1.807, 2.05) is 48.5 Å². The molecule has 0 heteroatoms. The summed E-state index contributed by atoms with van der Waals surface area (Å²) in [6.45, 7) is 10.2. The summed E-state index contributed by atoms with van der Waals surface area (Å²) in [6.07, 6.45) is 0. The van der Waals surface area contributed by atoms with Crippen molar-refractivity contribution in [1.29, 1.82) is 0 Å². The van der Waals surface area contributed by atoms with Crippen LogP contribution in [-0.2, 0) is 0 Å². The van der Waals surface area contributed by atoms with Crippen molar-refractivity contribution in [2.24, 2.45) is 0 Å². The smallest absolute Gasteiger partial charge is 0.00733 e. The fraction of sp³-hybridized carbons (Fsp3) is 0.125. The zero-order valence-corrected chi connectivity index (χ0v) is 9.35. The molecular weight excluding hydrogens is 192 g/mol. The zero-order valence-electron chi connectivity index (χ0n) is 9.35. The van der Waals surface area contributed by atoms with Gasteiger partial charge in [-0.3, -0.25) is 0 Å². The third kappa shape index (κ3) is 2.22. The molecule has 2 aromatic carbocycles. The highest BCUT2D eigenvalue weighted by Crippen LogP contribution is 2.29. The lowest BCUT2D eigenvalue weighted by atomic mass is 9.89. The van der Waals surface area contributed by atoms with E-state index in [2.05, 4.69) is 19.1 Å². The maximum absolute atomic E-state index is 8.17. The molecule has 0 saturated carbocycles. The molecule has 0 nitrogen and oxygen atoms in total. The second kappa shape index (κ2) is 4.80. The lowest BCUT2D eigenvalue weighted by Crippen LogP contribution is -1.96. The van der Waals surface area contributed by atoms with Crippen molar-refractivity contribution in [2.75, 3.05) is 0 Å². The second-order valence-electron chi connectivity index (χ2n) is 3.91. The van der Waals surface area contributed by atoms with Crippen LogP contribution in [0.3, 0.4) is 0 Å². The van der Waals surface area contributed by atoms with Crippen molar-refractivity contribution < 1.29 is 0 Å². The maximum atomic E-state index is 8.17. The van der Waals surface area contributed by atoms with Crippen molar-refractivity contribution in [1.82, 2.24) is 0 Å². The Labute approximate surface area is 97.3 Å². The first-order valence-corrected chi connectivity index (χ1v) is 5.48. The molecule has 0 bridgehead atoms. The largest absolute Gasteiger partial charge is 0.0622 e. The molecule has 0 aromatic heterocycles. The summed E-state index contributed by atoms with van der Waals surface area (Å²) in [7, 11) is 0. The summed E-state index contributed by atoms with van der Waals surface area (Å²) in [5.74, 6) is 0.142. The van der Waals surface area contributed by atoms with Gasteiger partial charge < -0.3 is 0 Å². The molecule has 0 aliphatic carbocycles. The van der Waals surface area contributed by atoms with Crippen LogP contribution in [0, 0.1) is 6.58 Å². The summed E-state index contributed by atoms with van der Waals surface area (Å²) >= 11 is 0. The molecule has 2 rings (SSSR count).